The first-order valence-corrected chi connectivity index (χ1v) is 9.54. The molecular weight excluding hydrogens is 346 g/mol. The number of rotatable bonds is 3. The molecule has 128 valence electrons. The van der Waals surface area contributed by atoms with Gasteiger partial charge in [0, 0.05) is 5.56 Å². The normalized spacial score (nSPS) is 15.3. The van der Waals surface area contributed by atoms with Crippen molar-refractivity contribution < 1.29 is 13.2 Å². The van der Waals surface area contributed by atoms with Crippen molar-refractivity contribution in [1.82, 2.24) is 0 Å². The molecule has 0 amide bonds. The standard InChI is InChI=1S/C21H15NO3S/c23-21-18-13-7-8-14-19(18)22(20(21)15-16-9-3-1-4-10-16)26(24,25)17-11-5-2-6-12-17/h1-15H/b20-15+. The number of hydrogen-bond acceptors (Lipinski definition) is 3. The first-order chi connectivity index (χ1) is 12.6. The van der Waals surface area contributed by atoms with Crippen molar-refractivity contribution in [3.05, 3.63) is 102 Å². The lowest BCUT2D eigenvalue weighted by atomic mass is 10.1. The predicted octanol–water partition coefficient (Wildman–Crippen LogP) is 4.12. The van der Waals surface area contributed by atoms with Crippen molar-refractivity contribution in [3.63, 3.8) is 0 Å². The third-order valence-electron chi connectivity index (χ3n) is 4.20. The summed E-state index contributed by atoms with van der Waals surface area (Å²) >= 11 is 0. The molecule has 0 unspecified atom stereocenters. The molecule has 0 aromatic heterocycles. The molecule has 0 N–H and O–H groups in total. The van der Waals surface area contributed by atoms with E-state index in [-0.39, 0.29) is 16.4 Å². The van der Waals surface area contributed by atoms with Crippen LogP contribution in [-0.2, 0) is 10.0 Å². The van der Waals surface area contributed by atoms with Gasteiger partial charge in [0.25, 0.3) is 10.0 Å². The summed E-state index contributed by atoms with van der Waals surface area (Å²) in [6, 6.07) is 24.1. The highest BCUT2D eigenvalue weighted by Gasteiger charge is 2.40. The molecule has 0 atom stereocenters. The summed E-state index contributed by atoms with van der Waals surface area (Å²) in [7, 11) is -3.91. The molecule has 3 aromatic rings. The van der Waals surface area contributed by atoms with E-state index in [1.807, 2.05) is 30.3 Å². The molecule has 0 fully saturated rings. The molecule has 0 bridgehead atoms. The zero-order chi connectivity index (χ0) is 18.1. The number of fused-ring (bicyclic) bond motifs is 1. The minimum atomic E-state index is -3.91. The number of carbonyl (C=O) groups excluding carboxylic acids is 1. The summed E-state index contributed by atoms with van der Waals surface area (Å²) in [5.74, 6) is -0.302. The molecule has 0 spiro atoms. The number of sulfonamides is 1. The van der Waals surface area contributed by atoms with Crippen molar-refractivity contribution in [1.29, 1.82) is 0 Å². The second-order valence-corrected chi connectivity index (χ2v) is 7.66. The molecule has 4 nitrogen and oxygen atoms in total. The van der Waals surface area contributed by atoms with Crippen LogP contribution in [0.1, 0.15) is 15.9 Å². The molecule has 0 radical (unpaired) electrons. The van der Waals surface area contributed by atoms with Crippen LogP contribution >= 0.6 is 0 Å². The van der Waals surface area contributed by atoms with Crippen molar-refractivity contribution in [2.24, 2.45) is 0 Å². The molecule has 1 aliphatic heterocycles. The molecule has 4 rings (SSSR count). The van der Waals surface area contributed by atoms with E-state index in [9.17, 15) is 13.2 Å². The van der Waals surface area contributed by atoms with E-state index in [0.29, 0.717) is 11.3 Å². The minimum absolute atomic E-state index is 0.126. The van der Waals surface area contributed by atoms with E-state index in [2.05, 4.69) is 0 Å². The van der Waals surface area contributed by atoms with E-state index in [4.69, 9.17) is 0 Å². The van der Waals surface area contributed by atoms with Gasteiger partial charge in [0.2, 0.25) is 5.78 Å². The van der Waals surface area contributed by atoms with E-state index >= 15 is 0 Å². The summed E-state index contributed by atoms with van der Waals surface area (Å²) in [5.41, 5.74) is 1.65. The average Bonchev–Trinajstić information content (AvgIpc) is 2.96. The Morgan fingerprint density at radius 2 is 1.31 bits per heavy atom. The maximum absolute atomic E-state index is 13.3. The zero-order valence-electron chi connectivity index (χ0n) is 13.7. The van der Waals surface area contributed by atoms with Gasteiger partial charge in [-0.2, -0.15) is 0 Å². The highest BCUT2D eigenvalue weighted by atomic mass is 32.2. The van der Waals surface area contributed by atoms with Gasteiger partial charge in [0.05, 0.1) is 10.6 Å². The second-order valence-electron chi connectivity index (χ2n) is 5.87. The van der Waals surface area contributed by atoms with Crippen LogP contribution in [0.25, 0.3) is 6.08 Å². The topological polar surface area (TPSA) is 54.5 Å². The van der Waals surface area contributed by atoms with Crippen LogP contribution in [0.15, 0.2) is 95.5 Å². The number of carbonyl (C=O) groups is 1. The molecular formula is C21H15NO3S. The fourth-order valence-corrected chi connectivity index (χ4v) is 4.52. The Balaban J connectivity index is 1.94. The molecule has 26 heavy (non-hydrogen) atoms. The SMILES string of the molecule is O=C1/C(=C\c2ccccc2)N(S(=O)(=O)c2ccccc2)c2ccccc21. The van der Waals surface area contributed by atoms with Gasteiger partial charge in [0.1, 0.15) is 5.70 Å². The van der Waals surface area contributed by atoms with Gasteiger partial charge in [-0.05, 0) is 35.9 Å². The van der Waals surface area contributed by atoms with Crippen LogP contribution in [0.5, 0.6) is 0 Å². The van der Waals surface area contributed by atoms with Crippen molar-refractivity contribution in [3.8, 4) is 0 Å². The Bertz CT molecular complexity index is 1100. The minimum Gasteiger partial charge on any atom is -0.287 e. The van der Waals surface area contributed by atoms with Crippen LogP contribution in [0, 0.1) is 0 Å². The van der Waals surface area contributed by atoms with E-state index in [1.165, 1.54) is 12.1 Å². The maximum atomic E-state index is 13.3. The second kappa shape index (κ2) is 6.28. The Kier molecular flexibility index (Phi) is 3.93. The Morgan fingerprint density at radius 3 is 2.00 bits per heavy atom. The number of allylic oxidation sites excluding steroid dienone is 1. The van der Waals surface area contributed by atoms with Crippen LogP contribution in [0.4, 0.5) is 5.69 Å². The first kappa shape index (κ1) is 16.3. The van der Waals surface area contributed by atoms with Gasteiger partial charge in [-0.1, -0.05) is 60.7 Å². The van der Waals surface area contributed by atoms with Crippen LogP contribution in [0.3, 0.4) is 0 Å². The molecule has 3 aromatic carbocycles. The fourth-order valence-electron chi connectivity index (χ4n) is 2.99. The molecule has 5 heteroatoms. The lowest BCUT2D eigenvalue weighted by molar-refractivity contribution is 0.104. The largest absolute Gasteiger partial charge is 0.287 e. The molecule has 0 saturated heterocycles. The number of Topliss-reactive ketones (excluding diaryl/α,β-unsaturated/α-hetero) is 1. The summed E-state index contributed by atoms with van der Waals surface area (Å²) in [4.78, 5) is 13.1. The summed E-state index contributed by atoms with van der Waals surface area (Å²) < 4.78 is 27.7. The number of ketones is 1. The lowest BCUT2D eigenvalue weighted by Gasteiger charge is -2.20. The number of anilines is 1. The van der Waals surface area contributed by atoms with Crippen molar-refractivity contribution in [2.45, 2.75) is 4.90 Å². The number of hydrogen-bond donors (Lipinski definition) is 0. The maximum Gasteiger partial charge on any atom is 0.268 e. The van der Waals surface area contributed by atoms with E-state index in [0.717, 1.165) is 9.87 Å². The lowest BCUT2D eigenvalue weighted by Crippen LogP contribution is -2.28. The van der Waals surface area contributed by atoms with Crippen molar-refractivity contribution in [2.75, 3.05) is 4.31 Å². The van der Waals surface area contributed by atoms with Gasteiger partial charge in [0.15, 0.2) is 0 Å². The number of nitrogens with zero attached hydrogens (tertiary/aromatic N) is 1. The summed E-state index contributed by atoms with van der Waals surface area (Å²) in [6.07, 6.45) is 1.61. The molecule has 0 saturated carbocycles. The third-order valence-corrected chi connectivity index (χ3v) is 5.95. The van der Waals surface area contributed by atoms with Crippen LogP contribution in [-0.4, -0.2) is 14.2 Å². The predicted molar refractivity (Wildman–Crippen MR) is 101 cm³/mol. The molecule has 0 aliphatic carbocycles. The zero-order valence-corrected chi connectivity index (χ0v) is 14.6. The van der Waals surface area contributed by atoms with Gasteiger partial charge in [-0.3, -0.25) is 4.79 Å². The van der Waals surface area contributed by atoms with Gasteiger partial charge >= 0.3 is 0 Å². The molecule has 1 aliphatic rings. The Morgan fingerprint density at radius 1 is 0.731 bits per heavy atom. The molecule has 1 heterocycles. The van der Waals surface area contributed by atoms with Crippen LogP contribution in [0.2, 0.25) is 0 Å². The van der Waals surface area contributed by atoms with Crippen molar-refractivity contribution >= 4 is 27.6 Å². The summed E-state index contributed by atoms with van der Waals surface area (Å²) in [5, 5.41) is 0. The first-order valence-electron chi connectivity index (χ1n) is 8.10. The van der Waals surface area contributed by atoms with E-state index < -0.39 is 10.0 Å². The fraction of sp³-hybridized carbons (Fsp3) is 0. The Labute approximate surface area is 152 Å². The number of benzene rings is 3. The van der Waals surface area contributed by atoms with Gasteiger partial charge in [-0.15, -0.1) is 0 Å². The van der Waals surface area contributed by atoms with Gasteiger partial charge in [-0.25, -0.2) is 12.7 Å². The quantitative estimate of drug-likeness (QED) is 0.660. The van der Waals surface area contributed by atoms with Gasteiger partial charge < -0.3 is 0 Å². The highest BCUT2D eigenvalue weighted by Crippen LogP contribution is 2.39. The average molecular weight is 361 g/mol. The third kappa shape index (κ3) is 2.62. The highest BCUT2D eigenvalue weighted by molar-refractivity contribution is 7.93. The van der Waals surface area contributed by atoms with Crippen LogP contribution < -0.4 is 4.31 Å². The monoisotopic (exact) mass is 361 g/mol. The number of para-hydroxylation sites is 1. The summed E-state index contributed by atoms with van der Waals surface area (Å²) in [6.45, 7) is 0. The Hall–Kier alpha value is -3.18. The van der Waals surface area contributed by atoms with E-state index in [1.54, 1.807) is 48.5 Å². The smallest absolute Gasteiger partial charge is 0.268 e.